The Kier molecular flexibility index (Phi) is 4.81. The Labute approximate surface area is 99.9 Å². The summed E-state index contributed by atoms with van der Waals surface area (Å²) in [6.07, 6.45) is 0. The zero-order chi connectivity index (χ0) is 12.0. The molecule has 6 heteroatoms. The van der Waals surface area contributed by atoms with Crippen molar-refractivity contribution in [1.29, 1.82) is 0 Å². The van der Waals surface area contributed by atoms with E-state index in [2.05, 4.69) is 10.7 Å². The van der Waals surface area contributed by atoms with Crippen LogP contribution in [0.15, 0.2) is 18.2 Å². The quantitative estimate of drug-likeness (QED) is 0.406. The van der Waals surface area contributed by atoms with E-state index in [-0.39, 0.29) is 0 Å². The lowest BCUT2D eigenvalue weighted by atomic mass is 10.2. The van der Waals surface area contributed by atoms with Crippen molar-refractivity contribution in [3.8, 4) is 11.5 Å². The average Bonchev–Trinajstić information content (AvgIpc) is 2.35. The minimum absolute atomic E-state index is 0.387. The fourth-order valence-corrected chi connectivity index (χ4v) is 1.30. The lowest BCUT2D eigenvalue weighted by Gasteiger charge is -2.12. The monoisotopic (exact) mass is 241 g/mol. The largest absolute Gasteiger partial charge is 0.497 e. The second-order valence-electron chi connectivity index (χ2n) is 3.00. The number of thiocarbonyl (C=S) groups is 1. The minimum atomic E-state index is 0.387. The van der Waals surface area contributed by atoms with Crippen LogP contribution in [0.5, 0.6) is 11.5 Å². The number of hydrogen-bond acceptors (Lipinski definition) is 4. The maximum absolute atomic E-state index is 5.24. The second-order valence-corrected chi connectivity index (χ2v) is 3.41. The van der Waals surface area contributed by atoms with Crippen LogP contribution in [-0.2, 0) is 6.54 Å². The van der Waals surface area contributed by atoms with Crippen molar-refractivity contribution in [3.05, 3.63) is 23.8 Å². The standard InChI is InChI=1S/C10H15N3O2S/c1-14-8-4-3-7(9(5-8)15-2)6-12-10(16)13-11/h3-5H,6,11H2,1-2H3,(H2,12,13,16). The summed E-state index contributed by atoms with van der Waals surface area (Å²) in [7, 11) is 3.22. The van der Waals surface area contributed by atoms with Gasteiger partial charge in [-0.3, -0.25) is 0 Å². The molecule has 1 aromatic rings. The van der Waals surface area contributed by atoms with E-state index >= 15 is 0 Å². The first-order valence-corrected chi connectivity index (χ1v) is 5.07. The van der Waals surface area contributed by atoms with Gasteiger partial charge in [0.05, 0.1) is 14.2 Å². The Hall–Kier alpha value is -1.53. The molecule has 1 rings (SSSR count). The van der Waals surface area contributed by atoms with Crippen LogP contribution in [0.2, 0.25) is 0 Å². The van der Waals surface area contributed by atoms with Gasteiger partial charge in [0.25, 0.3) is 0 Å². The van der Waals surface area contributed by atoms with Crippen LogP contribution < -0.4 is 26.1 Å². The van der Waals surface area contributed by atoms with Gasteiger partial charge in [0, 0.05) is 18.2 Å². The van der Waals surface area contributed by atoms with Crippen LogP contribution >= 0.6 is 12.2 Å². The molecule has 88 valence electrons. The average molecular weight is 241 g/mol. The topological polar surface area (TPSA) is 68.5 Å². The van der Waals surface area contributed by atoms with Gasteiger partial charge >= 0.3 is 0 Å². The van der Waals surface area contributed by atoms with Gasteiger partial charge in [-0.25, -0.2) is 5.84 Å². The van der Waals surface area contributed by atoms with Gasteiger partial charge in [0.15, 0.2) is 5.11 Å². The molecule has 5 nitrogen and oxygen atoms in total. The summed E-state index contributed by atoms with van der Waals surface area (Å²) in [6, 6.07) is 5.58. The molecule has 0 saturated carbocycles. The number of ether oxygens (including phenoxy) is 2. The maximum atomic E-state index is 5.24. The molecule has 0 aromatic heterocycles. The van der Waals surface area contributed by atoms with Crippen molar-refractivity contribution in [3.63, 3.8) is 0 Å². The molecule has 0 aliphatic heterocycles. The third-order valence-corrected chi connectivity index (χ3v) is 2.33. The number of rotatable bonds is 4. The number of methoxy groups -OCH3 is 2. The summed E-state index contributed by atoms with van der Waals surface area (Å²) in [5.41, 5.74) is 3.32. The van der Waals surface area contributed by atoms with Crippen molar-refractivity contribution < 1.29 is 9.47 Å². The molecule has 0 aliphatic carbocycles. The Morgan fingerprint density at radius 3 is 2.69 bits per heavy atom. The predicted octanol–water partition coefficient (Wildman–Crippen LogP) is 0.542. The van der Waals surface area contributed by atoms with Gasteiger partial charge in [-0.15, -0.1) is 0 Å². The number of nitrogens with two attached hydrogens (primary N) is 1. The van der Waals surface area contributed by atoms with Crippen LogP contribution in [0, 0.1) is 0 Å². The molecular formula is C10H15N3O2S. The van der Waals surface area contributed by atoms with Crippen LogP contribution in [0.3, 0.4) is 0 Å². The first-order chi connectivity index (χ1) is 7.71. The van der Waals surface area contributed by atoms with Crippen molar-refractivity contribution in [2.45, 2.75) is 6.54 Å². The van der Waals surface area contributed by atoms with Crippen molar-refractivity contribution >= 4 is 17.3 Å². The molecule has 0 saturated heterocycles. The zero-order valence-corrected chi connectivity index (χ0v) is 10.1. The van der Waals surface area contributed by atoms with E-state index in [9.17, 15) is 0 Å². The Bertz CT molecular complexity index is 371. The van der Waals surface area contributed by atoms with Gasteiger partial charge in [-0.1, -0.05) is 0 Å². The Morgan fingerprint density at radius 2 is 2.12 bits per heavy atom. The predicted molar refractivity (Wildman–Crippen MR) is 66.3 cm³/mol. The summed E-state index contributed by atoms with van der Waals surface area (Å²) in [4.78, 5) is 0. The summed E-state index contributed by atoms with van der Waals surface area (Å²) in [5, 5.41) is 3.32. The third kappa shape index (κ3) is 3.25. The molecule has 4 N–H and O–H groups in total. The van der Waals surface area contributed by atoms with E-state index in [0.717, 1.165) is 17.1 Å². The molecule has 0 unspecified atom stereocenters. The van der Waals surface area contributed by atoms with Gasteiger partial charge in [0.2, 0.25) is 0 Å². The first kappa shape index (κ1) is 12.5. The Balaban J connectivity index is 2.75. The van der Waals surface area contributed by atoms with E-state index in [1.165, 1.54) is 0 Å². The highest BCUT2D eigenvalue weighted by atomic mass is 32.1. The number of benzene rings is 1. The number of nitrogens with one attached hydrogen (secondary N) is 2. The smallest absolute Gasteiger partial charge is 0.180 e. The minimum Gasteiger partial charge on any atom is -0.497 e. The number of hydrazine groups is 1. The van der Waals surface area contributed by atoms with Crippen molar-refractivity contribution in [1.82, 2.24) is 10.7 Å². The maximum Gasteiger partial charge on any atom is 0.180 e. The van der Waals surface area contributed by atoms with Gasteiger partial charge in [0.1, 0.15) is 11.5 Å². The van der Waals surface area contributed by atoms with Gasteiger partial charge < -0.3 is 20.2 Å². The first-order valence-electron chi connectivity index (χ1n) is 4.66. The third-order valence-electron chi connectivity index (χ3n) is 2.06. The van der Waals surface area contributed by atoms with Crippen molar-refractivity contribution in [2.75, 3.05) is 14.2 Å². The van der Waals surface area contributed by atoms with E-state index in [4.69, 9.17) is 27.5 Å². The second kappa shape index (κ2) is 6.14. The summed E-state index contributed by atoms with van der Waals surface area (Å²) < 4.78 is 10.3. The molecule has 0 fully saturated rings. The van der Waals surface area contributed by atoms with E-state index in [1.54, 1.807) is 14.2 Å². The highest BCUT2D eigenvalue weighted by Gasteiger charge is 2.04. The normalized spacial score (nSPS) is 9.44. The van der Waals surface area contributed by atoms with E-state index in [0.29, 0.717) is 11.7 Å². The van der Waals surface area contributed by atoms with Crippen LogP contribution in [0.4, 0.5) is 0 Å². The highest BCUT2D eigenvalue weighted by molar-refractivity contribution is 7.80. The molecule has 0 spiro atoms. The van der Waals surface area contributed by atoms with Crippen LogP contribution in [-0.4, -0.2) is 19.3 Å². The summed E-state index contributed by atoms with van der Waals surface area (Å²) in [6.45, 7) is 0.538. The molecule has 0 aliphatic rings. The molecule has 0 atom stereocenters. The highest BCUT2D eigenvalue weighted by Crippen LogP contribution is 2.24. The van der Waals surface area contributed by atoms with Crippen molar-refractivity contribution in [2.24, 2.45) is 5.84 Å². The SMILES string of the molecule is COc1ccc(CNC(=S)NN)c(OC)c1. The lowest BCUT2D eigenvalue weighted by molar-refractivity contribution is 0.390. The molecule has 1 aromatic carbocycles. The molecule has 0 heterocycles. The molecule has 0 amide bonds. The molecular weight excluding hydrogens is 226 g/mol. The Morgan fingerprint density at radius 1 is 1.38 bits per heavy atom. The fourth-order valence-electron chi connectivity index (χ4n) is 1.22. The molecule has 0 radical (unpaired) electrons. The molecule has 16 heavy (non-hydrogen) atoms. The van der Waals surface area contributed by atoms with Crippen LogP contribution in [0.1, 0.15) is 5.56 Å². The summed E-state index contributed by atoms with van der Waals surface area (Å²) in [5.74, 6) is 6.64. The zero-order valence-electron chi connectivity index (χ0n) is 9.24. The van der Waals surface area contributed by atoms with Gasteiger partial charge in [-0.05, 0) is 24.4 Å². The number of hydrogen-bond donors (Lipinski definition) is 3. The lowest BCUT2D eigenvalue weighted by Crippen LogP contribution is -2.39. The van der Waals surface area contributed by atoms with Crippen LogP contribution in [0.25, 0.3) is 0 Å². The molecule has 0 bridgehead atoms. The fraction of sp³-hybridized carbons (Fsp3) is 0.300. The summed E-state index contributed by atoms with van der Waals surface area (Å²) >= 11 is 4.87. The van der Waals surface area contributed by atoms with E-state index in [1.807, 2.05) is 18.2 Å². The van der Waals surface area contributed by atoms with E-state index < -0.39 is 0 Å². The van der Waals surface area contributed by atoms with Gasteiger partial charge in [-0.2, -0.15) is 0 Å².